The van der Waals surface area contributed by atoms with Gasteiger partial charge in [-0.2, -0.15) is 17.0 Å². The van der Waals surface area contributed by atoms with Crippen LogP contribution in [0.15, 0.2) is 0 Å². The molecule has 0 bridgehead atoms. The Kier molecular flexibility index (Phi) is 6.91. The smallest absolute Gasteiger partial charge is 0.321 e. The Morgan fingerprint density at radius 2 is 2.05 bits per heavy atom. The standard InChI is InChI=1S/C13H26N2O4S/c1-4-9-14(11-13(16)19-5-2)20(17,18)15-10-7-6-8-12(15)3/h12H,4-11H2,1-3H3. The van der Waals surface area contributed by atoms with Crippen LogP contribution in [0.2, 0.25) is 0 Å². The van der Waals surface area contributed by atoms with E-state index < -0.39 is 16.2 Å². The van der Waals surface area contributed by atoms with Gasteiger partial charge in [0.1, 0.15) is 6.54 Å². The summed E-state index contributed by atoms with van der Waals surface area (Å²) >= 11 is 0. The van der Waals surface area contributed by atoms with E-state index in [-0.39, 0.29) is 19.2 Å². The third-order valence-corrected chi connectivity index (χ3v) is 5.55. The van der Waals surface area contributed by atoms with Crippen molar-refractivity contribution in [1.29, 1.82) is 0 Å². The number of carbonyl (C=O) groups excluding carboxylic acids is 1. The lowest BCUT2D eigenvalue weighted by atomic mass is 10.1. The van der Waals surface area contributed by atoms with E-state index in [9.17, 15) is 13.2 Å². The van der Waals surface area contributed by atoms with Crippen LogP contribution in [0.25, 0.3) is 0 Å². The highest BCUT2D eigenvalue weighted by Crippen LogP contribution is 2.22. The van der Waals surface area contributed by atoms with Gasteiger partial charge in [-0.05, 0) is 33.1 Å². The van der Waals surface area contributed by atoms with Crippen LogP contribution in [-0.2, 0) is 19.7 Å². The second kappa shape index (κ2) is 7.95. The fourth-order valence-electron chi connectivity index (χ4n) is 2.44. The maximum atomic E-state index is 12.7. The highest BCUT2D eigenvalue weighted by Gasteiger charge is 2.35. The number of hydrogen-bond donors (Lipinski definition) is 0. The first-order valence-electron chi connectivity index (χ1n) is 7.36. The summed E-state index contributed by atoms with van der Waals surface area (Å²) in [5.41, 5.74) is 0. The largest absolute Gasteiger partial charge is 0.465 e. The zero-order chi connectivity index (χ0) is 15.2. The van der Waals surface area contributed by atoms with Gasteiger partial charge < -0.3 is 4.74 Å². The van der Waals surface area contributed by atoms with Crippen molar-refractivity contribution in [3.8, 4) is 0 Å². The van der Waals surface area contributed by atoms with E-state index in [1.165, 1.54) is 8.61 Å². The van der Waals surface area contributed by atoms with Crippen LogP contribution >= 0.6 is 0 Å². The molecule has 1 saturated heterocycles. The van der Waals surface area contributed by atoms with Crippen LogP contribution in [0.5, 0.6) is 0 Å². The number of rotatable bonds is 7. The minimum Gasteiger partial charge on any atom is -0.465 e. The second-order valence-corrected chi connectivity index (χ2v) is 6.98. The highest BCUT2D eigenvalue weighted by atomic mass is 32.2. The van der Waals surface area contributed by atoms with Crippen LogP contribution in [0.4, 0.5) is 0 Å². The van der Waals surface area contributed by atoms with Crippen molar-refractivity contribution in [2.24, 2.45) is 0 Å². The predicted octanol–water partition coefficient (Wildman–Crippen LogP) is 1.38. The molecule has 1 aliphatic heterocycles. The average Bonchev–Trinajstić information content (AvgIpc) is 2.38. The summed E-state index contributed by atoms with van der Waals surface area (Å²) in [5, 5.41) is 0. The summed E-state index contributed by atoms with van der Waals surface area (Å²) in [5.74, 6) is -0.491. The van der Waals surface area contributed by atoms with E-state index in [0.29, 0.717) is 19.5 Å². The van der Waals surface area contributed by atoms with Crippen molar-refractivity contribution in [2.75, 3.05) is 26.2 Å². The zero-order valence-electron chi connectivity index (χ0n) is 12.7. The molecule has 0 aromatic heterocycles. The fourth-order valence-corrected chi connectivity index (χ4v) is 4.34. The Morgan fingerprint density at radius 1 is 1.35 bits per heavy atom. The SMILES string of the molecule is CCCN(CC(=O)OCC)S(=O)(=O)N1CCCCC1C. The number of esters is 1. The minimum atomic E-state index is -3.58. The summed E-state index contributed by atoms with van der Waals surface area (Å²) in [6.45, 7) is 6.46. The summed E-state index contributed by atoms with van der Waals surface area (Å²) in [6.07, 6.45) is 3.47. The first kappa shape index (κ1) is 17.4. The molecule has 0 aliphatic carbocycles. The summed E-state index contributed by atoms with van der Waals surface area (Å²) in [7, 11) is -3.58. The van der Waals surface area contributed by atoms with Crippen molar-refractivity contribution in [3.63, 3.8) is 0 Å². The van der Waals surface area contributed by atoms with Gasteiger partial charge in [0.05, 0.1) is 6.61 Å². The molecule has 1 fully saturated rings. The van der Waals surface area contributed by atoms with E-state index >= 15 is 0 Å². The van der Waals surface area contributed by atoms with Gasteiger partial charge >= 0.3 is 5.97 Å². The Labute approximate surface area is 122 Å². The Bertz CT molecular complexity index is 411. The number of hydrogen-bond acceptors (Lipinski definition) is 4. The number of nitrogens with zero attached hydrogens (tertiary/aromatic N) is 2. The maximum Gasteiger partial charge on any atom is 0.321 e. The molecule has 0 saturated carbocycles. The molecule has 0 N–H and O–H groups in total. The van der Waals surface area contributed by atoms with Gasteiger partial charge in [-0.25, -0.2) is 0 Å². The van der Waals surface area contributed by atoms with Crippen LogP contribution in [0, 0.1) is 0 Å². The number of carbonyl (C=O) groups is 1. The molecule has 0 aromatic carbocycles. The predicted molar refractivity (Wildman–Crippen MR) is 77.4 cm³/mol. The molecule has 6 nitrogen and oxygen atoms in total. The molecular weight excluding hydrogens is 280 g/mol. The minimum absolute atomic E-state index is 0.00435. The second-order valence-electron chi connectivity index (χ2n) is 5.10. The van der Waals surface area contributed by atoms with Crippen molar-refractivity contribution in [1.82, 2.24) is 8.61 Å². The summed E-state index contributed by atoms with van der Waals surface area (Å²) in [6, 6.07) is -0.00435. The topological polar surface area (TPSA) is 66.9 Å². The monoisotopic (exact) mass is 306 g/mol. The summed E-state index contributed by atoms with van der Waals surface area (Å²) < 4.78 is 33.0. The number of ether oxygens (including phenoxy) is 1. The van der Waals surface area contributed by atoms with Gasteiger partial charge in [0.25, 0.3) is 10.2 Å². The molecule has 1 heterocycles. The quantitative estimate of drug-likeness (QED) is 0.667. The van der Waals surface area contributed by atoms with Gasteiger partial charge in [-0.3, -0.25) is 4.79 Å². The molecule has 0 radical (unpaired) electrons. The van der Waals surface area contributed by atoms with Gasteiger partial charge in [-0.15, -0.1) is 0 Å². The molecule has 1 atom stereocenters. The molecule has 7 heteroatoms. The van der Waals surface area contributed by atoms with E-state index in [1.807, 2.05) is 13.8 Å². The molecule has 1 aliphatic rings. The lowest BCUT2D eigenvalue weighted by Crippen LogP contribution is -2.51. The van der Waals surface area contributed by atoms with E-state index in [4.69, 9.17) is 4.74 Å². The molecule has 0 aromatic rings. The Balaban J connectivity index is 2.84. The van der Waals surface area contributed by atoms with E-state index in [0.717, 1.165) is 19.3 Å². The normalized spacial score (nSPS) is 21.1. The average molecular weight is 306 g/mol. The lowest BCUT2D eigenvalue weighted by Gasteiger charge is -2.36. The Morgan fingerprint density at radius 3 is 2.60 bits per heavy atom. The molecular formula is C13H26N2O4S. The molecule has 118 valence electrons. The van der Waals surface area contributed by atoms with Crippen LogP contribution in [-0.4, -0.2) is 55.3 Å². The number of piperidine rings is 1. The molecule has 0 spiro atoms. The summed E-state index contributed by atoms with van der Waals surface area (Å²) in [4.78, 5) is 11.6. The van der Waals surface area contributed by atoms with Crippen LogP contribution in [0.1, 0.15) is 46.5 Å². The van der Waals surface area contributed by atoms with Gasteiger partial charge in [0.2, 0.25) is 0 Å². The van der Waals surface area contributed by atoms with Crippen molar-refractivity contribution in [3.05, 3.63) is 0 Å². The van der Waals surface area contributed by atoms with Gasteiger partial charge in [-0.1, -0.05) is 13.3 Å². The molecule has 20 heavy (non-hydrogen) atoms. The van der Waals surface area contributed by atoms with E-state index in [2.05, 4.69) is 0 Å². The third kappa shape index (κ3) is 4.43. The first-order valence-corrected chi connectivity index (χ1v) is 8.75. The van der Waals surface area contributed by atoms with E-state index in [1.54, 1.807) is 6.92 Å². The first-order chi connectivity index (χ1) is 9.43. The molecule has 0 amide bonds. The van der Waals surface area contributed by atoms with Crippen molar-refractivity contribution < 1.29 is 17.9 Å². The highest BCUT2D eigenvalue weighted by molar-refractivity contribution is 7.86. The zero-order valence-corrected chi connectivity index (χ0v) is 13.5. The van der Waals surface area contributed by atoms with Crippen molar-refractivity contribution in [2.45, 2.75) is 52.5 Å². The maximum absolute atomic E-state index is 12.7. The molecule has 1 rings (SSSR count). The van der Waals surface area contributed by atoms with Crippen LogP contribution < -0.4 is 0 Å². The van der Waals surface area contributed by atoms with Crippen molar-refractivity contribution >= 4 is 16.2 Å². The fraction of sp³-hybridized carbons (Fsp3) is 0.923. The van der Waals surface area contributed by atoms with Gasteiger partial charge in [0.15, 0.2) is 0 Å². The third-order valence-electron chi connectivity index (χ3n) is 3.45. The van der Waals surface area contributed by atoms with Crippen LogP contribution in [0.3, 0.4) is 0 Å². The van der Waals surface area contributed by atoms with Gasteiger partial charge in [0, 0.05) is 19.1 Å². The molecule has 1 unspecified atom stereocenters. The lowest BCUT2D eigenvalue weighted by molar-refractivity contribution is -0.143. The Hall–Kier alpha value is -0.660.